The summed E-state index contributed by atoms with van der Waals surface area (Å²) >= 11 is 2.86. The first-order chi connectivity index (χ1) is 9.97. The SMILES string of the molecule is CC1(C)CC1Cn1c(SCC(=O)O)nnc1-c1cccs1. The molecule has 2 heterocycles. The van der Waals surface area contributed by atoms with Gasteiger partial charge in [-0.25, -0.2) is 0 Å². The molecule has 112 valence electrons. The van der Waals surface area contributed by atoms with Gasteiger partial charge in [-0.3, -0.25) is 4.79 Å². The highest BCUT2D eigenvalue weighted by Crippen LogP contribution is 2.53. The average Bonchev–Trinajstić information content (AvgIpc) is 2.85. The third-order valence-electron chi connectivity index (χ3n) is 3.90. The molecule has 0 radical (unpaired) electrons. The molecular weight excluding hydrogens is 306 g/mol. The molecule has 0 spiro atoms. The second-order valence-electron chi connectivity index (χ2n) is 5.97. The number of thiophene rings is 1. The Bertz CT molecular complexity index is 649. The summed E-state index contributed by atoms with van der Waals surface area (Å²) in [4.78, 5) is 11.9. The maximum absolute atomic E-state index is 10.8. The molecule has 5 nitrogen and oxygen atoms in total. The Hall–Kier alpha value is -1.34. The molecular formula is C14H17N3O2S2. The first-order valence-corrected chi connectivity index (χ1v) is 8.65. The van der Waals surface area contributed by atoms with Crippen LogP contribution in [0, 0.1) is 11.3 Å². The van der Waals surface area contributed by atoms with Gasteiger partial charge in [0.25, 0.3) is 0 Å². The van der Waals surface area contributed by atoms with Crippen LogP contribution in [0.3, 0.4) is 0 Å². The zero-order valence-electron chi connectivity index (χ0n) is 11.9. The molecule has 1 aliphatic rings. The third kappa shape index (κ3) is 3.13. The van der Waals surface area contributed by atoms with Crippen LogP contribution >= 0.6 is 23.1 Å². The Morgan fingerprint density at radius 3 is 2.90 bits per heavy atom. The molecule has 0 saturated heterocycles. The van der Waals surface area contributed by atoms with Crippen LogP contribution in [0.5, 0.6) is 0 Å². The van der Waals surface area contributed by atoms with Crippen molar-refractivity contribution in [3.63, 3.8) is 0 Å². The van der Waals surface area contributed by atoms with E-state index in [1.54, 1.807) is 11.3 Å². The zero-order chi connectivity index (χ0) is 15.0. The summed E-state index contributed by atoms with van der Waals surface area (Å²) in [6, 6.07) is 4.01. The fourth-order valence-corrected chi connectivity index (χ4v) is 3.77. The molecule has 0 amide bonds. The standard InChI is InChI=1S/C14H17N3O2S2/c1-14(2)6-9(14)7-17-12(10-4-3-5-20-10)15-16-13(17)21-8-11(18)19/h3-5,9H,6-8H2,1-2H3,(H,18,19). The lowest BCUT2D eigenvalue weighted by atomic mass is 10.1. The lowest BCUT2D eigenvalue weighted by Crippen LogP contribution is -2.08. The van der Waals surface area contributed by atoms with Crippen LogP contribution in [-0.4, -0.2) is 31.6 Å². The minimum absolute atomic E-state index is 0.0105. The molecule has 0 aromatic carbocycles. The minimum Gasteiger partial charge on any atom is -0.481 e. The van der Waals surface area contributed by atoms with Crippen molar-refractivity contribution in [1.82, 2.24) is 14.8 Å². The normalized spacial score (nSPS) is 19.6. The minimum atomic E-state index is -0.834. The lowest BCUT2D eigenvalue weighted by Gasteiger charge is -2.10. The van der Waals surface area contributed by atoms with Crippen molar-refractivity contribution >= 4 is 29.1 Å². The average molecular weight is 323 g/mol. The van der Waals surface area contributed by atoms with E-state index in [4.69, 9.17) is 5.11 Å². The van der Waals surface area contributed by atoms with E-state index >= 15 is 0 Å². The smallest absolute Gasteiger partial charge is 0.313 e. The zero-order valence-corrected chi connectivity index (χ0v) is 13.6. The molecule has 0 aliphatic heterocycles. The number of hydrogen-bond acceptors (Lipinski definition) is 5. The summed E-state index contributed by atoms with van der Waals surface area (Å²) in [7, 11) is 0. The fourth-order valence-electron chi connectivity index (χ4n) is 2.38. The topological polar surface area (TPSA) is 68.0 Å². The van der Waals surface area contributed by atoms with Crippen molar-refractivity contribution in [2.75, 3.05) is 5.75 Å². The molecule has 21 heavy (non-hydrogen) atoms. The molecule has 1 atom stereocenters. The molecule has 1 N–H and O–H groups in total. The van der Waals surface area contributed by atoms with Crippen LogP contribution in [-0.2, 0) is 11.3 Å². The summed E-state index contributed by atoms with van der Waals surface area (Å²) in [6.45, 7) is 5.38. The van der Waals surface area contributed by atoms with Crippen molar-refractivity contribution < 1.29 is 9.90 Å². The second-order valence-corrected chi connectivity index (χ2v) is 7.86. The maximum atomic E-state index is 10.8. The van der Waals surface area contributed by atoms with Gasteiger partial charge in [0.2, 0.25) is 0 Å². The Morgan fingerprint density at radius 2 is 2.33 bits per heavy atom. The fraction of sp³-hybridized carbons (Fsp3) is 0.500. The van der Waals surface area contributed by atoms with Crippen LogP contribution in [0.15, 0.2) is 22.7 Å². The van der Waals surface area contributed by atoms with Crippen molar-refractivity contribution in [2.24, 2.45) is 11.3 Å². The van der Waals surface area contributed by atoms with Gasteiger partial charge in [-0.2, -0.15) is 0 Å². The number of thioether (sulfide) groups is 1. The summed E-state index contributed by atoms with van der Waals surface area (Å²) in [5.74, 6) is 0.632. The van der Waals surface area contributed by atoms with Crippen LogP contribution in [0.2, 0.25) is 0 Å². The van der Waals surface area contributed by atoms with Gasteiger partial charge in [-0.15, -0.1) is 21.5 Å². The number of rotatable bonds is 6. The Balaban J connectivity index is 1.88. The number of carbonyl (C=O) groups is 1. The van der Waals surface area contributed by atoms with Gasteiger partial charge in [-0.05, 0) is 29.2 Å². The highest BCUT2D eigenvalue weighted by atomic mass is 32.2. The van der Waals surface area contributed by atoms with Gasteiger partial charge in [0.1, 0.15) is 0 Å². The van der Waals surface area contributed by atoms with Crippen molar-refractivity contribution in [1.29, 1.82) is 0 Å². The molecule has 0 bridgehead atoms. The van der Waals surface area contributed by atoms with Crippen LogP contribution in [0.4, 0.5) is 0 Å². The van der Waals surface area contributed by atoms with Crippen molar-refractivity contribution in [3.8, 4) is 10.7 Å². The number of aromatic nitrogens is 3. The molecule has 1 unspecified atom stereocenters. The van der Waals surface area contributed by atoms with Gasteiger partial charge in [0, 0.05) is 6.54 Å². The van der Waals surface area contributed by atoms with Gasteiger partial charge >= 0.3 is 5.97 Å². The van der Waals surface area contributed by atoms with E-state index in [-0.39, 0.29) is 5.75 Å². The molecule has 3 rings (SSSR count). The molecule has 1 fully saturated rings. The predicted octanol–water partition coefficient (Wildman–Crippen LogP) is 3.23. The van der Waals surface area contributed by atoms with Gasteiger partial charge in [0.15, 0.2) is 11.0 Å². The van der Waals surface area contributed by atoms with Gasteiger partial charge in [0.05, 0.1) is 10.6 Å². The molecule has 7 heteroatoms. The number of carboxylic acids is 1. The summed E-state index contributed by atoms with van der Waals surface area (Å²) in [5, 5.41) is 20.0. The van der Waals surface area contributed by atoms with E-state index in [1.807, 2.05) is 17.5 Å². The van der Waals surface area contributed by atoms with Crippen molar-refractivity contribution in [3.05, 3.63) is 17.5 Å². The quantitative estimate of drug-likeness (QED) is 0.827. The third-order valence-corrected chi connectivity index (χ3v) is 5.72. The molecule has 1 saturated carbocycles. The molecule has 1 aliphatic carbocycles. The maximum Gasteiger partial charge on any atom is 0.313 e. The lowest BCUT2D eigenvalue weighted by molar-refractivity contribution is -0.133. The van der Waals surface area contributed by atoms with E-state index in [9.17, 15) is 4.79 Å². The largest absolute Gasteiger partial charge is 0.481 e. The van der Waals surface area contributed by atoms with E-state index in [0.717, 1.165) is 17.2 Å². The Morgan fingerprint density at radius 1 is 1.57 bits per heavy atom. The number of hydrogen-bond donors (Lipinski definition) is 1. The molecule has 2 aromatic rings. The van der Waals surface area contributed by atoms with Crippen LogP contribution in [0.25, 0.3) is 10.7 Å². The van der Waals surface area contributed by atoms with Gasteiger partial charge < -0.3 is 9.67 Å². The van der Waals surface area contributed by atoms with Gasteiger partial charge in [-0.1, -0.05) is 31.7 Å². The van der Waals surface area contributed by atoms with E-state index < -0.39 is 5.97 Å². The first-order valence-electron chi connectivity index (χ1n) is 6.79. The number of aliphatic carboxylic acids is 1. The molecule has 2 aromatic heterocycles. The summed E-state index contributed by atoms with van der Waals surface area (Å²) in [5.41, 5.74) is 0.367. The summed E-state index contributed by atoms with van der Waals surface area (Å²) < 4.78 is 2.08. The van der Waals surface area contributed by atoms with E-state index in [1.165, 1.54) is 18.2 Å². The Labute approximate surface area is 131 Å². The summed E-state index contributed by atoms with van der Waals surface area (Å²) in [6.07, 6.45) is 1.19. The van der Waals surface area contributed by atoms with Crippen LogP contribution < -0.4 is 0 Å². The highest BCUT2D eigenvalue weighted by Gasteiger charge is 2.46. The van der Waals surface area contributed by atoms with E-state index in [0.29, 0.717) is 16.5 Å². The first kappa shape index (κ1) is 14.6. The number of carboxylic acid groups (broad SMARTS) is 1. The number of nitrogens with zero attached hydrogens (tertiary/aromatic N) is 3. The monoisotopic (exact) mass is 323 g/mol. The van der Waals surface area contributed by atoms with Crippen molar-refractivity contribution in [2.45, 2.75) is 32.0 Å². The highest BCUT2D eigenvalue weighted by molar-refractivity contribution is 7.99. The van der Waals surface area contributed by atoms with E-state index in [2.05, 4.69) is 28.6 Å². The van der Waals surface area contributed by atoms with Crippen LogP contribution in [0.1, 0.15) is 20.3 Å². The second kappa shape index (κ2) is 5.46. The predicted molar refractivity (Wildman–Crippen MR) is 83.6 cm³/mol. The Kier molecular flexibility index (Phi) is 3.79.